The number of esters is 3. The fourth-order valence-corrected chi connectivity index (χ4v) is 9.59. The third kappa shape index (κ3) is 66.8. The molecule has 1 atom stereocenters. The van der Waals surface area contributed by atoms with E-state index in [-0.39, 0.29) is 31.1 Å². The van der Waals surface area contributed by atoms with Gasteiger partial charge in [-0.2, -0.15) is 0 Å². The van der Waals surface area contributed by atoms with Gasteiger partial charge in [0.05, 0.1) is 0 Å². The molecule has 0 aliphatic heterocycles. The molecule has 464 valence electrons. The molecule has 6 nitrogen and oxygen atoms in total. The lowest BCUT2D eigenvalue weighted by molar-refractivity contribution is -0.167. The Morgan fingerprint density at radius 1 is 0.259 bits per heavy atom. The van der Waals surface area contributed by atoms with Gasteiger partial charge in [0.1, 0.15) is 13.2 Å². The Balaban J connectivity index is 4.40. The van der Waals surface area contributed by atoms with E-state index in [0.717, 1.165) is 128 Å². The van der Waals surface area contributed by atoms with Crippen LogP contribution >= 0.6 is 0 Å². The number of hydrogen-bond donors (Lipinski definition) is 0. The van der Waals surface area contributed by atoms with Crippen LogP contribution in [0.5, 0.6) is 0 Å². The Labute approximate surface area is 501 Å². The van der Waals surface area contributed by atoms with Crippen LogP contribution in [0.2, 0.25) is 0 Å². The van der Waals surface area contributed by atoms with Crippen LogP contribution in [-0.2, 0) is 28.6 Å². The van der Waals surface area contributed by atoms with Crippen molar-refractivity contribution in [3.05, 3.63) is 109 Å². The maximum atomic E-state index is 12.9. The molecule has 0 aromatic rings. The SMILES string of the molecule is CC/C=C\C/C=C\C/C=C\C/C=C\C/C=C\C/C=C\C/C=C\CCCCCCCC(=O)OCC(COC(=O)CCCCCCC/C=C\CCCCCCCC)OC(=O)CCCCCCCCCCC/C=C\CCCCCCCCCC. The third-order valence-corrected chi connectivity index (χ3v) is 14.7. The van der Waals surface area contributed by atoms with Gasteiger partial charge >= 0.3 is 17.9 Å². The Morgan fingerprint density at radius 3 is 0.765 bits per heavy atom. The van der Waals surface area contributed by atoms with Crippen LogP contribution in [0.3, 0.4) is 0 Å². The maximum Gasteiger partial charge on any atom is 0.306 e. The molecule has 0 fully saturated rings. The maximum absolute atomic E-state index is 12.9. The van der Waals surface area contributed by atoms with E-state index in [1.54, 1.807) is 0 Å². The van der Waals surface area contributed by atoms with Gasteiger partial charge in [-0.25, -0.2) is 0 Å². The molecule has 0 aliphatic carbocycles. The lowest BCUT2D eigenvalue weighted by Gasteiger charge is -2.18. The van der Waals surface area contributed by atoms with Gasteiger partial charge in [-0.05, 0) is 128 Å². The first kappa shape index (κ1) is 77.1. The fourth-order valence-electron chi connectivity index (χ4n) is 9.59. The van der Waals surface area contributed by atoms with Gasteiger partial charge in [-0.1, -0.05) is 291 Å². The van der Waals surface area contributed by atoms with E-state index in [1.807, 2.05) is 0 Å². The van der Waals surface area contributed by atoms with Gasteiger partial charge in [0.15, 0.2) is 6.10 Å². The molecule has 0 saturated heterocycles. The van der Waals surface area contributed by atoms with E-state index in [1.165, 1.54) is 161 Å². The standard InChI is InChI=1S/C75H128O6/c1-4-7-10-13-16-19-22-25-28-30-32-34-35-36-37-38-39-41-42-44-47-50-53-56-59-62-65-68-74(77)80-71-72(70-79-73(76)67-64-61-58-55-52-49-46-27-24-21-18-15-12-9-6-3)81-75(78)69-66-63-60-57-54-51-48-45-43-40-33-31-29-26-23-20-17-14-11-8-5-2/h7,10,16,19,25,27-28,31-34,36-37,39,41,44,46-47,72H,4-6,8-9,11-15,17-18,20-24,26,29-30,35,38,40,42-43,45,48-71H2,1-3H3/b10-7-,19-16-,28-25-,33-31-,34-32-,37-36-,41-39-,46-27-,47-44-. The summed E-state index contributed by atoms with van der Waals surface area (Å²) in [5.41, 5.74) is 0. The number of hydrogen-bond acceptors (Lipinski definition) is 6. The molecular formula is C75H128O6. The number of carbonyl (C=O) groups is 3. The molecule has 0 aliphatic rings. The molecule has 0 saturated carbocycles. The molecule has 0 aromatic heterocycles. The van der Waals surface area contributed by atoms with E-state index >= 15 is 0 Å². The van der Waals surface area contributed by atoms with E-state index < -0.39 is 6.10 Å². The van der Waals surface area contributed by atoms with Crippen molar-refractivity contribution in [3.63, 3.8) is 0 Å². The third-order valence-electron chi connectivity index (χ3n) is 14.7. The minimum Gasteiger partial charge on any atom is -0.462 e. The summed E-state index contributed by atoms with van der Waals surface area (Å²) in [5.74, 6) is -0.907. The first-order chi connectivity index (χ1) is 40.0. The van der Waals surface area contributed by atoms with Crippen LogP contribution in [0.15, 0.2) is 109 Å². The van der Waals surface area contributed by atoms with Crippen LogP contribution in [0.1, 0.15) is 329 Å². The topological polar surface area (TPSA) is 78.9 Å². The second-order valence-corrected chi connectivity index (χ2v) is 22.7. The van der Waals surface area contributed by atoms with Crippen molar-refractivity contribution in [1.29, 1.82) is 0 Å². The Hall–Kier alpha value is -3.93. The number of carbonyl (C=O) groups excluding carboxylic acids is 3. The first-order valence-corrected chi connectivity index (χ1v) is 34.4. The minimum atomic E-state index is -0.794. The van der Waals surface area contributed by atoms with Crippen LogP contribution < -0.4 is 0 Å². The molecule has 0 bridgehead atoms. The molecule has 81 heavy (non-hydrogen) atoms. The van der Waals surface area contributed by atoms with Gasteiger partial charge in [0.25, 0.3) is 0 Å². The van der Waals surface area contributed by atoms with Crippen molar-refractivity contribution in [3.8, 4) is 0 Å². The van der Waals surface area contributed by atoms with Gasteiger partial charge in [-0.3, -0.25) is 14.4 Å². The monoisotopic (exact) mass is 1120 g/mol. The predicted molar refractivity (Wildman–Crippen MR) is 353 cm³/mol. The van der Waals surface area contributed by atoms with Crippen LogP contribution in [0, 0.1) is 0 Å². The van der Waals surface area contributed by atoms with E-state index in [9.17, 15) is 14.4 Å². The summed E-state index contributed by atoms with van der Waals surface area (Å²) in [6.07, 6.45) is 93.8. The van der Waals surface area contributed by atoms with Crippen molar-refractivity contribution >= 4 is 17.9 Å². The summed E-state index contributed by atoms with van der Waals surface area (Å²) in [6.45, 7) is 6.53. The normalized spacial score (nSPS) is 12.8. The molecule has 0 heterocycles. The van der Waals surface area contributed by atoms with Crippen molar-refractivity contribution in [2.75, 3.05) is 13.2 Å². The molecular weight excluding hydrogens is 997 g/mol. The summed E-state index contributed by atoms with van der Waals surface area (Å²) >= 11 is 0. The lowest BCUT2D eigenvalue weighted by Crippen LogP contribution is -2.30. The van der Waals surface area contributed by atoms with E-state index in [4.69, 9.17) is 14.2 Å². The highest BCUT2D eigenvalue weighted by molar-refractivity contribution is 5.71. The summed E-state index contributed by atoms with van der Waals surface area (Å²) in [5, 5.41) is 0. The molecule has 0 radical (unpaired) electrons. The predicted octanol–water partition coefficient (Wildman–Crippen LogP) is 23.8. The van der Waals surface area contributed by atoms with Crippen molar-refractivity contribution in [2.24, 2.45) is 0 Å². The molecule has 0 aromatic carbocycles. The molecule has 0 spiro atoms. The Bertz CT molecular complexity index is 1620. The van der Waals surface area contributed by atoms with Crippen LogP contribution in [0.4, 0.5) is 0 Å². The lowest BCUT2D eigenvalue weighted by atomic mass is 10.1. The zero-order chi connectivity index (χ0) is 58.5. The second kappa shape index (κ2) is 68.6. The molecule has 0 N–H and O–H groups in total. The summed E-state index contributed by atoms with van der Waals surface area (Å²) in [7, 11) is 0. The summed E-state index contributed by atoms with van der Waals surface area (Å²) < 4.78 is 17.0. The van der Waals surface area contributed by atoms with Crippen molar-refractivity contribution in [2.45, 2.75) is 335 Å². The smallest absolute Gasteiger partial charge is 0.306 e. The average molecular weight is 1130 g/mol. The minimum absolute atomic E-state index is 0.0889. The van der Waals surface area contributed by atoms with Crippen molar-refractivity contribution in [1.82, 2.24) is 0 Å². The number of unbranched alkanes of at least 4 members (excludes halogenated alkanes) is 33. The Kier molecular flexibility index (Phi) is 65.2. The highest BCUT2D eigenvalue weighted by atomic mass is 16.6. The van der Waals surface area contributed by atoms with Gasteiger partial charge in [0.2, 0.25) is 0 Å². The molecule has 0 rings (SSSR count). The van der Waals surface area contributed by atoms with Crippen molar-refractivity contribution < 1.29 is 28.6 Å². The summed E-state index contributed by atoms with van der Waals surface area (Å²) in [4.78, 5) is 38.4. The van der Waals surface area contributed by atoms with Gasteiger partial charge in [-0.15, -0.1) is 0 Å². The first-order valence-electron chi connectivity index (χ1n) is 34.4. The van der Waals surface area contributed by atoms with Crippen LogP contribution in [-0.4, -0.2) is 37.2 Å². The summed E-state index contributed by atoms with van der Waals surface area (Å²) in [6, 6.07) is 0. The highest BCUT2D eigenvalue weighted by Gasteiger charge is 2.19. The highest BCUT2D eigenvalue weighted by Crippen LogP contribution is 2.16. The van der Waals surface area contributed by atoms with Crippen LogP contribution in [0.25, 0.3) is 0 Å². The van der Waals surface area contributed by atoms with Gasteiger partial charge in [0, 0.05) is 19.3 Å². The van der Waals surface area contributed by atoms with E-state index in [2.05, 4.69) is 130 Å². The van der Waals surface area contributed by atoms with Gasteiger partial charge < -0.3 is 14.2 Å². The largest absolute Gasteiger partial charge is 0.462 e. The number of rotatable bonds is 62. The molecule has 0 amide bonds. The second-order valence-electron chi connectivity index (χ2n) is 22.7. The molecule has 1 unspecified atom stereocenters. The fraction of sp³-hybridized carbons (Fsp3) is 0.720. The zero-order valence-electron chi connectivity index (χ0n) is 53.3. The quantitative estimate of drug-likeness (QED) is 0.0261. The zero-order valence-corrected chi connectivity index (χ0v) is 53.3. The molecule has 6 heteroatoms. The number of allylic oxidation sites excluding steroid dienone is 18. The average Bonchev–Trinajstić information content (AvgIpc) is 3.47. The Morgan fingerprint density at radius 2 is 0.481 bits per heavy atom. The van der Waals surface area contributed by atoms with E-state index in [0.29, 0.717) is 19.3 Å². The number of ether oxygens (including phenoxy) is 3.